The summed E-state index contributed by atoms with van der Waals surface area (Å²) in [5.41, 5.74) is -0.896. The first-order valence-electron chi connectivity index (χ1n) is 6.33. The Morgan fingerprint density at radius 2 is 2.00 bits per heavy atom. The van der Waals surface area contributed by atoms with Crippen LogP contribution in [-0.2, 0) is 11.0 Å². The van der Waals surface area contributed by atoms with Gasteiger partial charge in [-0.25, -0.2) is 4.79 Å². The summed E-state index contributed by atoms with van der Waals surface area (Å²) in [6, 6.07) is 2.46. The number of carboxylic acid groups (broad SMARTS) is 1. The molecule has 1 fully saturated rings. The number of hydrogen-bond donors (Lipinski definition) is 2. The number of urea groups is 1. The van der Waals surface area contributed by atoms with Crippen LogP contribution in [-0.4, -0.2) is 35.1 Å². The van der Waals surface area contributed by atoms with Gasteiger partial charge in [0.2, 0.25) is 0 Å². The van der Waals surface area contributed by atoms with Crippen LogP contribution in [0.5, 0.6) is 0 Å². The molecule has 5 nitrogen and oxygen atoms in total. The van der Waals surface area contributed by atoms with Crippen molar-refractivity contribution >= 4 is 33.6 Å². The molecule has 1 aromatic carbocycles. The standard InChI is InChI=1S/C13H12BrF3N2O3/c14-9-3-8(13(15,16)17)4-10(5-9)18-12(22)19-2-1-7(6-19)11(20)21/h3-5,7H,1-2,6H2,(H,18,22)(H,20,21). The summed E-state index contributed by atoms with van der Waals surface area (Å²) in [5.74, 6) is -1.63. The molecule has 2 amide bonds. The molecule has 2 rings (SSSR count). The van der Waals surface area contributed by atoms with Crippen molar-refractivity contribution in [1.82, 2.24) is 4.90 Å². The van der Waals surface area contributed by atoms with Crippen molar-refractivity contribution in [2.75, 3.05) is 18.4 Å². The number of carbonyl (C=O) groups is 2. The lowest BCUT2D eigenvalue weighted by atomic mass is 10.1. The lowest BCUT2D eigenvalue weighted by Crippen LogP contribution is -2.33. The van der Waals surface area contributed by atoms with Gasteiger partial charge in [-0.3, -0.25) is 4.79 Å². The molecule has 22 heavy (non-hydrogen) atoms. The van der Waals surface area contributed by atoms with Gasteiger partial charge in [-0.05, 0) is 24.6 Å². The Morgan fingerprint density at radius 3 is 2.55 bits per heavy atom. The topological polar surface area (TPSA) is 69.6 Å². The van der Waals surface area contributed by atoms with E-state index in [4.69, 9.17) is 5.11 Å². The number of likely N-dealkylation sites (tertiary alicyclic amines) is 1. The van der Waals surface area contributed by atoms with Crippen molar-refractivity contribution in [2.24, 2.45) is 5.92 Å². The van der Waals surface area contributed by atoms with E-state index >= 15 is 0 Å². The molecule has 0 aromatic heterocycles. The van der Waals surface area contributed by atoms with Crippen LogP contribution in [0.1, 0.15) is 12.0 Å². The molecule has 0 saturated carbocycles. The van der Waals surface area contributed by atoms with Crippen LogP contribution in [0.2, 0.25) is 0 Å². The first-order valence-corrected chi connectivity index (χ1v) is 7.12. The summed E-state index contributed by atoms with van der Waals surface area (Å²) in [5, 5.41) is 11.2. The zero-order chi connectivity index (χ0) is 16.5. The van der Waals surface area contributed by atoms with E-state index in [1.165, 1.54) is 11.0 Å². The van der Waals surface area contributed by atoms with Gasteiger partial charge in [0.25, 0.3) is 0 Å². The minimum absolute atomic E-state index is 0.00882. The van der Waals surface area contributed by atoms with Gasteiger partial charge in [-0.2, -0.15) is 13.2 Å². The molecule has 0 bridgehead atoms. The predicted octanol–water partition coefficient (Wildman–Crippen LogP) is 3.41. The molecule has 0 aliphatic carbocycles. The molecule has 0 spiro atoms. The van der Waals surface area contributed by atoms with Gasteiger partial charge in [0.1, 0.15) is 0 Å². The van der Waals surface area contributed by atoms with Crippen molar-refractivity contribution in [2.45, 2.75) is 12.6 Å². The molecule has 1 atom stereocenters. The van der Waals surface area contributed by atoms with Gasteiger partial charge in [0, 0.05) is 23.2 Å². The molecule has 1 aromatic rings. The quantitative estimate of drug-likeness (QED) is 0.825. The molecule has 1 unspecified atom stereocenters. The molecule has 9 heteroatoms. The molecule has 1 aliphatic rings. The van der Waals surface area contributed by atoms with Crippen LogP contribution < -0.4 is 5.32 Å². The Balaban J connectivity index is 2.09. The van der Waals surface area contributed by atoms with Gasteiger partial charge in [0.05, 0.1) is 11.5 Å². The lowest BCUT2D eigenvalue weighted by molar-refractivity contribution is -0.141. The summed E-state index contributed by atoms with van der Waals surface area (Å²) in [6.07, 6.45) is -4.19. The third-order valence-corrected chi connectivity index (χ3v) is 3.76. The highest BCUT2D eigenvalue weighted by atomic mass is 79.9. The minimum Gasteiger partial charge on any atom is -0.481 e. The fraction of sp³-hybridized carbons (Fsp3) is 0.385. The zero-order valence-electron chi connectivity index (χ0n) is 11.2. The number of amides is 2. The molecule has 1 heterocycles. The van der Waals surface area contributed by atoms with E-state index in [-0.39, 0.29) is 23.2 Å². The van der Waals surface area contributed by atoms with E-state index in [1.54, 1.807) is 0 Å². The van der Waals surface area contributed by atoms with Crippen LogP contribution in [0.15, 0.2) is 22.7 Å². The molecule has 1 aliphatic heterocycles. The van der Waals surface area contributed by atoms with Gasteiger partial charge < -0.3 is 15.3 Å². The highest BCUT2D eigenvalue weighted by molar-refractivity contribution is 9.10. The SMILES string of the molecule is O=C(O)C1CCN(C(=O)Nc2cc(Br)cc(C(F)(F)F)c2)C1. The summed E-state index contributed by atoms with van der Waals surface area (Å²) >= 11 is 2.96. The van der Waals surface area contributed by atoms with Crippen LogP contribution in [0.25, 0.3) is 0 Å². The van der Waals surface area contributed by atoms with Crippen LogP contribution >= 0.6 is 15.9 Å². The Hall–Kier alpha value is -1.77. The smallest absolute Gasteiger partial charge is 0.416 e. The molecular formula is C13H12BrF3N2O3. The van der Waals surface area contributed by atoms with Gasteiger partial charge >= 0.3 is 18.2 Å². The number of aliphatic carboxylic acids is 1. The van der Waals surface area contributed by atoms with Crippen LogP contribution in [0, 0.1) is 5.92 Å². The van der Waals surface area contributed by atoms with Crippen molar-refractivity contribution in [3.05, 3.63) is 28.2 Å². The highest BCUT2D eigenvalue weighted by Gasteiger charge is 2.33. The number of benzene rings is 1. The third kappa shape index (κ3) is 3.90. The Kier molecular flexibility index (Phi) is 4.64. The second kappa shape index (κ2) is 6.15. The van der Waals surface area contributed by atoms with Gasteiger partial charge in [-0.1, -0.05) is 15.9 Å². The Labute approximate surface area is 132 Å². The maximum absolute atomic E-state index is 12.7. The summed E-state index contributed by atoms with van der Waals surface area (Å²) in [7, 11) is 0. The van der Waals surface area contributed by atoms with E-state index in [1.807, 2.05) is 0 Å². The van der Waals surface area contributed by atoms with Gasteiger partial charge in [0.15, 0.2) is 0 Å². The van der Waals surface area contributed by atoms with E-state index in [9.17, 15) is 22.8 Å². The number of nitrogens with zero attached hydrogens (tertiary/aromatic N) is 1. The van der Waals surface area contributed by atoms with E-state index in [2.05, 4.69) is 21.2 Å². The number of carbonyl (C=O) groups excluding carboxylic acids is 1. The summed E-state index contributed by atoms with van der Waals surface area (Å²) in [4.78, 5) is 24.1. The van der Waals surface area contributed by atoms with Crippen LogP contribution in [0.4, 0.5) is 23.7 Å². The monoisotopic (exact) mass is 380 g/mol. The maximum atomic E-state index is 12.7. The van der Waals surface area contributed by atoms with Crippen molar-refractivity contribution < 1.29 is 27.9 Å². The van der Waals surface area contributed by atoms with E-state index in [0.29, 0.717) is 6.42 Å². The third-order valence-electron chi connectivity index (χ3n) is 3.30. The number of hydrogen-bond acceptors (Lipinski definition) is 2. The van der Waals surface area contributed by atoms with Gasteiger partial charge in [-0.15, -0.1) is 0 Å². The average molecular weight is 381 g/mol. The number of carboxylic acids is 1. The normalized spacial score (nSPS) is 18.4. The van der Waals surface area contributed by atoms with Crippen molar-refractivity contribution in [3.8, 4) is 0 Å². The molecule has 120 valence electrons. The first kappa shape index (κ1) is 16.6. The van der Waals surface area contributed by atoms with E-state index < -0.39 is 29.7 Å². The number of nitrogens with one attached hydrogen (secondary N) is 1. The molecule has 1 saturated heterocycles. The highest BCUT2D eigenvalue weighted by Crippen LogP contribution is 2.33. The number of rotatable bonds is 2. The second-order valence-electron chi connectivity index (χ2n) is 4.93. The summed E-state index contributed by atoms with van der Waals surface area (Å²) < 4.78 is 38.3. The van der Waals surface area contributed by atoms with E-state index in [0.717, 1.165) is 12.1 Å². The summed E-state index contributed by atoms with van der Waals surface area (Å²) in [6.45, 7) is 0.296. The molecule has 0 radical (unpaired) electrons. The molecule has 2 N–H and O–H groups in total. The Bertz CT molecular complexity index is 607. The van der Waals surface area contributed by atoms with Crippen molar-refractivity contribution in [1.29, 1.82) is 0 Å². The predicted molar refractivity (Wildman–Crippen MR) is 75.5 cm³/mol. The first-order chi connectivity index (χ1) is 10.2. The average Bonchev–Trinajstić information content (AvgIpc) is 2.86. The van der Waals surface area contributed by atoms with Crippen molar-refractivity contribution in [3.63, 3.8) is 0 Å². The lowest BCUT2D eigenvalue weighted by Gasteiger charge is -2.17. The number of alkyl halides is 3. The fourth-order valence-corrected chi connectivity index (χ4v) is 2.67. The van der Waals surface area contributed by atoms with Crippen LogP contribution in [0.3, 0.4) is 0 Å². The maximum Gasteiger partial charge on any atom is 0.416 e. The second-order valence-corrected chi connectivity index (χ2v) is 5.84. The zero-order valence-corrected chi connectivity index (χ0v) is 12.7. The molecular weight excluding hydrogens is 369 g/mol. The number of halogens is 4. The fourth-order valence-electron chi connectivity index (χ4n) is 2.17. The minimum atomic E-state index is -4.52. The number of anilines is 1. The largest absolute Gasteiger partial charge is 0.481 e. The Morgan fingerprint density at radius 1 is 1.32 bits per heavy atom.